The second-order valence-electron chi connectivity index (χ2n) is 4.96. The molecule has 0 atom stereocenters. The number of carbonyl (C=O) groups excluding carboxylic acids is 1. The van der Waals surface area contributed by atoms with Crippen LogP contribution in [0.1, 0.15) is 49.3 Å². The molecular weight excluding hydrogens is 228 g/mol. The van der Waals surface area contributed by atoms with E-state index in [1.165, 1.54) is 26.4 Å². The summed E-state index contributed by atoms with van der Waals surface area (Å²) in [6.45, 7) is 6.28. The molecule has 1 aromatic heterocycles. The summed E-state index contributed by atoms with van der Waals surface area (Å²) in [6, 6.07) is 3.66. The summed E-state index contributed by atoms with van der Waals surface area (Å²) in [5.41, 5.74) is 1.52. The van der Waals surface area contributed by atoms with Gasteiger partial charge in [-0.15, -0.1) is 0 Å². The van der Waals surface area contributed by atoms with Crippen LogP contribution in [0.3, 0.4) is 0 Å². The highest BCUT2D eigenvalue weighted by molar-refractivity contribution is 5.87. The van der Waals surface area contributed by atoms with Gasteiger partial charge in [-0.3, -0.25) is 0 Å². The zero-order chi connectivity index (χ0) is 13.4. The normalized spacial score (nSPS) is 10.9. The third-order valence-electron chi connectivity index (χ3n) is 2.85. The Morgan fingerprint density at radius 3 is 2.83 bits per heavy atom. The number of rotatable bonds is 8. The van der Waals surface area contributed by atoms with Crippen molar-refractivity contribution in [2.45, 2.75) is 39.7 Å². The molecule has 0 bridgehead atoms. The van der Waals surface area contributed by atoms with Crippen molar-refractivity contribution in [1.29, 1.82) is 0 Å². The van der Waals surface area contributed by atoms with Gasteiger partial charge in [0.1, 0.15) is 5.69 Å². The van der Waals surface area contributed by atoms with E-state index in [1.54, 1.807) is 6.07 Å². The Morgan fingerprint density at radius 1 is 1.39 bits per heavy atom. The zero-order valence-corrected chi connectivity index (χ0v) is 11.6. The van der Waals surface area contributed by atoms with Crippen LogP contribution < -0.4 is 5.32 Å². The SMILES string of the molecule is COC(=O)c1ccc(CNCCCCC(C)C)[nH]1. The second-order valence-corrected chi connectivity index (χ2v) is 4.96. The third kappa shape index (κ3) is 5.36. The van der Waals surface area contributed by atoms with Gasteiger partial charge >= 0.3 is 5.97 Å². The Bertz CT molecular complexity index is 358. The standard InChI is InChI=1S/C14H24N2O2/c1-11(2)6-4-5-9-15-10-12-7-8-13(16-12)14(17)18-3/h7-8,11,15-16H,4-6,9-10H2,1-3H3. The fraction of sp³-hybridized carbons (Fsp3) is 0.643. The van der Waals surface area contributed by atoms with Gasteiger partial charge in [-0.1, -0.05) is 26.7 Å². The number of aromatic amines is 1. The molecule has 4 nitrogen and oxygen atoms in total. The van der Waals surface area contributed by atoms with Crippen molar-refractivity contribution in [3.63, 3.8) is 0 Å². The van der Waals surface area contributed by atoms with Crippen LogP contribution in [0.25, 0.3) is 0 Å². The van der Waals surface area contributed by atoms with Gasteiger partial charge in [0.25, 0.3) is 0 Å². The molecule has 0 aromatic carbocycles. The van der Waals surface area contributed by atoms with Crippen LogP contribution in [0.2, 0.25) is 0 Å². The van der Waals surface area contributed by atoms with E-state index < -0.39 is 0 Å². The summed E-state index contributed by atoms with van der Waals surface area (Å²) in [4.78, 5) is 14.3. The Hall–Kier alpha value is -1.29. The molecule has 4 heteroatoms. The Kier molecular flexibility index (Phi) is 6.50. The van der Waals surface area contributed by atoms with E-state index in [4.69, 9.17) is 0 Å². The molecule has 0 saturated carbocycles. The molecule has 1 heterocycles. The summed E-state index contributed by atoms with van der Waals surface area (Å²) in [5.74, 6) is 0.467. The number of H-pyrrole nitrogens is 1. The maximum absolute atomic E-state index is 11.2. The molecule has 0 aliphatic carbocycles. The van der Waals surface area contributed by atoms with E-state index in [0.717, 1.165) is 24.7 Å². The largest absolute Gasteiger partial charge is 0.464 e. The molecular formula is C14H24N2O2. The molecule has 0 fully saturated rings. The van der Waals surface area contributed by atoms with E-state index >= 15 is 0 Å². The van der Waals surface area contributed by atoms with Crippen molar-refractivity contribution in [1.82, 2.24) is 10.3 Å². The summed E-state index contributed by atoms with van der Waals surface area (Å²) >= 11 is 0. The lowest BCUT2D eigenvalue weighted by atomic mass is 10.1. The van der Waals surface area contributed by atoms with Gasteiger partial charge in [0, 0.05) is 12.2 Å². The van der Waals surface area contributed by atoms with E-state index in [9.17, 15) is 4.79 Å². The monoisotopic (exact) mass is 252 g/mol. The van der Waals surface area contributed by atoms with Crippen LogP contribution in [0.5, 0.6) is 0 Å². The summed E-state index contributed by atoms with van der Waals surface area (Å²) < 4.78 is 4.64. The van der Waals surface area contributed by atoms with E-state index in [0.29, 0.717) is 5.69 Å². The number of methoxy groups -OCH3 is 1. The second kappa shape index (κ2) is 7.93. The molecule has 0 saturated heterocycles. The molecule has 0 unspecified atom stereocenters. The number of hydrogen-bond acceptors (Lipinski definition) is 3. The smallest absolute Gasteiger partial charge is 0.354 e. The van der Waals surface area contributed by atoms with Crippen molar-refractivity contribution in [3.05, 3.63) is 23.5 Å². The first-order valence-corrected chi connectivity index (χ1v) is 6.60. The number of aromatic nitrogens is 1. The predicted octanol–water partition coefficient (Wildman–Crippen LogP) is 2.72. The molecule has 0 aliphatic heterocycles. The predicted molar refractivity (Wildman–Crippen MR) is 72.5 cm³/mol. The van der Waals surface area contributed by atoms with Crippen molar-refractivity contribution in [2.75, 3.05) is 13.7 Å². The van der Waals surface area contributed by atoms with Gasteiger partial charge in [-0.05, 0) is 31.0 Å². The highest BCUT2D eigenvalue weighted by atomic mass is 16.5. The summed E-state index contributed by atoms with van der Waals surface area (Å²) in [7, 11) is 1.38. The first-order chi connectivity index (χ1) is 8.63. The molecule has 18 heavy (non-hydrogen) atoms. The summed E-state index contributed by atoms with van der Waals surface area (Å²) in [6.07, 6.45) is 3.75. The van der Waals surface area contributed by atoms with Crippen molar-refractivity contribution >= 4 is 5.97 Å². The topological polar surface area (TPSA) is 54.1 Å². The molecule has 2 N–H and O–H groups in total. The van der Waals surface area contributed by atoms with Gasteiger partial charge < -0.3 is 15.0 Å². The van der Waals surface area contributed by atoms with Gasteiger partial charge in [-0.25, -0.2) is 4.79 Å². The molecule has 1 rings (SSSR count). The fourth-order valence-electron chi connectivity index (χ4n) is 1.80. The molecule has 0 radical (unpaired) electrons. The van der Waals surface area contributed by atoms with Gasteiger partial charge in [0.05, 0.1) is 7.11 Å². The van der Waals surface area contributed by atoms with Crippen molar-refractivity contribution < 1.29 is 9.53 Å². The number of ether oxygens (including phenoxy) is 1. The minimum absolute atomic E-state index is 0.321. The fourth-order valence-corrected chi connectivity index (χ4v) is 1.80. The minimum atomic E-state index is -0.321. The van der Waals surface area contributed by atoms with Crippen molar-refractivity contribution in [2.24, 2.45) is 5.92 Å². The number of hydrogen-bond donors (Lipinski definition) is 2. The number of esters is 1. The van der Waals surface area contributed by atoms with E-state index in [-0.39, 0.29) is 5.97 Å². The lowest BCUT2D eigenvalue weighted by molar-refractivity contribution is 0.0594. The Morgan fingerprint density at radius 2 is 2.17 bits per heavy atom. The number of carbonyl (C=O) groups is 1. The molecule has 102 valence electrons. The van der Waals surface area contributed by atoms with Crippen LogP contribution in [0.4, 0.5) is 0 Å². The van der Waals surface area contributed by atoms with Gasteiger partial charge in [0.15, 0.2) is 0 Å². The Labute approximate surface area is 109 Å². The molecule has 1 aromatic rings. The van der Waals surface area contributed by atoms with Crippen LogP contribution in [0, 0.1) is 5.92 Å². The first kappa shape index (κ1) is 14.8. The maximum atomic E-state index is 11.2. The van der Waals surface area contributed by atoms with Gasteiger partial charge in [-0.2, -0.15) is 0 Å². The average molecular weight is 252 g/mol. The van der Waals surface area contributed by atoms with Crippen molar-refractivity contribution in [3.8, 4) is 0 Å². The van der Waals surface area contributed by atoms with E-state index in [1.807, 2.05) is 6.07 Å². The lowest BCUT2D eigenvalue weighted by Gasteiger charge is -2.05. The first-order valence-electron chi connectivity index (χ1n) is 6.60. The minimum Gasteiger partial charge on any atom is -0.464 e. The Balaban J connectivity index is 2.16. The lowest BCUT2D eigenvalue weighted by Crippen LogP contribution is -2.15. The summed E-state index contributed by atoms with van der Waals surface area (Å²) in [5, 5.41) is 3.36. The highest BCUT2D eigenvalue weighted by Gasteiger charge is 2.07. The van der Waals surface area contributed by atoms with Gasteiger partial charge in [0.2, 0.25) is 0 Å². The maximum Gasteiger partial charge on any atom is 0.354 e. The average Bonchev–Trinajstić information content (AvgIpc) is 2.81. The molecule has 0 amide bonds. The van der Waals surface area contributed by atoms with Crippen LogP contribution in [-0.4, -0.2) is 24.6 Å². The highest BCUT2D eigenvalue weighted by Crippen LogP contribution is 2.06. The number of nitrogens with one attached hydrogen (secondary N) is 2. The van der Waals surface area contributed by atoms with Crippen LogP contribution >= 0.6 is 0 Å². The van der Waals surface area contributed by atoms with Crippen LogP contribution in [-0.2, 0) is 11.3 Å². The third-order valence-corrected chi connectivity index (χ3v) is 2.85. The van der Waals surface area contributed by atoms with Crippen LogP contribution in [0.15, 0.2) is 12.1 Å². The number of unbranched alkanes of at least 4 members (excludes halogenated alkanes) is 1. The molecule has 0 aliphatic rings. The molecule has 0 spiro atoms. The zero-order valence-electron chi connectivity index (χ0n) is 11.6. The van der Waals surface area contributed by atoms with E-state index in [2.05, 4.69) is 28.9 Å². The quantitative estimate of drug-likeness (QED) is 0.552.